The standard InChI is InChI=1S/C17H29NO2SSi/c1-16(2,3)21(19)18-13-14-11-9-10-12-15(14)20-22(7,8)17(4,5)6/h9-13H,1-8H3/b18-13+/t21-/m1/s1. The van der Waals surface area contributed by atoms with Gasteiger partial charge in [-0.05, 0) is 51.0 Å². The highest BCUT2D eigenvalue weighted by atomic mass is 32.2. The van der Waals surface area contributed by atoms with E-state index in [1.54, 1.807) is 6.21 Å². The lowest BCUT2D eigenvalue weighted by atomic mass is 10.2. The van der Waals surface area contributed by atoms with Gasteiger partial charge >= 0.3 is 0 Å². The lowest BCUT2D eigenvalue weighted by Gasteiger charge is -2.36. The highest BCUT2D eigenvalue weighted by Gasteiger charge is 2.39. The molecule has 0 aliphatic heterocycles. The molecule has 22 heavy (non-hydrogen) atoms. The van der Waals surface area contributed by atoms with Crippen LogP contribution in [0.1, 0.15) is 47.1 Å². The molecule has 1 aromatic rings. The number of hydrogen-bond acceptors (Lipinski definition) is 3. The molecule has 0 radical (unpaired) electrons. The van der Waals surface area contributed by atoms with E-state index in [0.29, 0.717) is 0 Å². The first-order valence-electron chi connectivity index (χ1n) is 7.59. The van der Waals surface area contributed by atoms with Crippen LogP contribution in [0.25, 0.3) is 0 Å². The van der Waals surface area contributed by atoms with Crippen molar-refractivity contribution in [1.82, 2.24) is 0 Å². The molecule has 1 aromatic carbocycles. The molecule has 5 heteroatoms. The Morgan fingerprint density at radius 3 is 2.14 bits per heavy atom. The molecule has 3 nitrogen and oxygen atoms in total. The first-order chi connectivity index (χ1) is 9.84. The van der Waals surface area contributed by atoms with Gasteiger partial charge in [0.25, 0.3) is 8.32 Å². The average molecular weight is 340 g/mol. The fraction of sp³-hybridized carbons (Fsp3) is 0.588. The molecule has 0 spiro atoms. The summed E-state index contributed by atoms with van der Waals surface area (Å²) in [6, 6.07) is 7.81. The summed E-state index contributed by atoms with van der Waals surface area (Å²) in [6.07, 6.45) is 1.67. The Morgan fingerprint density at radius 1 is 1.09 bits per heavy atom. The normalized spacial score (nSPS) is 15.1. The van der Waals surface area contributed by atoms with Crippen LogP contribution in [0.2, 0.25) is 18.1 Å². The topological polar surface area (TPSA) is 44.7 Å². The number of benzene rings is 1. The number of nitrogens with zero attached hydrogens (tertiary/aromatic N) is 1. The lowest BCUT2D eigenvalue weighted by molar-refractivity contribution is 0.491. The van der Waals surface area contributed by atoms with E-state index in [9.17, 15) is 4.55 Å². The molecule has 0 N–H and O–H groups in total. The van der Waals surface area contributed by atoms with Crippen LogP contribution in [0.3, 0.4) is 0 Å². The molecule has 0 heterocycles. The smallest absolute Gasteiger partial charge is 0.250 e. The van der Waals surface area contributed by atoms with Gasteiger partial charge in [0.05, 0.1) is 6.21 Å². The van der Waals surface area contributed by atoms with Gasteiger partial charge in [-0.25, -0.2) is 0 Å². The van der Waals surface area contributed by atoms with Crippen LogP contribution in [0, 0.1) is 0 Å². The fourth-order valence-corrected chi connectivity index (χ4v) is 2.94. The number of hydrogen-bond donors (Lipinski definition) is 0. The van der Waals surface area contributed by atoms with E-state index >= 15 is 0 Å². The van der Waals surface area contributed by atoms with E-state index in [1.807, 2.05) is 45.0 Å². The number of para-hydroxylation sites is 1. The van der Waals surface area contributed by atoms with Crippen molar-refractivity contribution in [3.8, 4) is 5.75 Å². The second-order valence-corrected chi connectivity index (χ2v) is 14.7. The van der Waals surface area contributed by atoms with Crippen molar-refractivity contribution in [2.75, 3.05) is 0 Å². The van der Waals surface area contributed by atoms with Gasteiger partial charge in [-0.2, -0.15) is 0 Å². The van der Waals surface area contributed by atoms with Crippen LogP contribution >= 0.6 is 0 Å². The van der Waals surface area contributed by atoms with Crippen molar-refractivity contribution in [3.05, 3.63) is 29.8 Å². The molecule has 1 rings (SSSR count). The maximum atomic E-state index is 12.1. The van der Waals surface area contributed by atoms with Crippen molar-refractivity contribution in [3.63, 3.8) is 0 Å². The largest absolute Gasteiger partial charge is 0.591 e. The van der Waals surface area contributed by atoms with Crippen molar-refractivity contribution >= 4 is 25.9 Å². The monoisotopic (exact) mass is 339 g/mol. The van der Waals surface area contributed by atoms with Crippen LogP contribution < -0.4 is 4.43 Å². The van der Waals surface area contributed by atoms with Crippen LogP contribution in [0.15, 0.2) is 28.7 Å². The second-order valence-electron chi connectivity index (χ2n) is 8.00. The maximum absolute atomic E-state index is 12.1. The highest BCUT2D eigenvalue weighted by Crippen LogP contribution is 2.38. The fourth-order valence-electron chi connectivity index (χ4n) is 1.37. The van der Waals surface area contributed by atoms with Crippen LogP contribution in [0.4, 0.5) is 0 Å². The van der Waals surface area contributed by atoms with E-state index in [4.69, 9.17) is 4.43 Å². The summed E-state index contributed by atoms with van der Waals surface area (Å²) >= 11 is -1.26. The summed E-state index contributed by atoms with van der Waals surface area (Å²) in [7, 11) is -1.91. The first-order valence-corrected chi connectivity index (χ1v) is 11.6. The molecule has 0 unspecified atom stereocenters. The van der Waals surface area contributed by atoms with Crippen molar-refractivity contribution < 1.29 is 8.98 Å². The Labute approximate surface area is 139 Å². The molecule has 124 valence electrons. The molecule has 0 bridgehead atoms. The summed E-state index contributed by atoms with van der Waals surface area (Å²) in [6.45, 7) is 16.8. The molecule has 1 atom stereocenters. The van der Waals surface area contributed by atoms with Crippen molar-refractivity contribution in [1.29, 1.82) is 0 Å². The molecule has 0 aliphatic carbocycles. The molecular weight excluding hydrogens is 310 g/mol. The summed E-state index contributed by atoms with van der Waals surface area (Å²) in [5.74, 6) is 0.823. The predicted octanol–water partition coefficient (Wildman–Crippen LogP) is 4.95. The number of rotatable bonds is 4. The van der Waals surface area contributed by atoms with Gasteiger partial charge in [0.2, 0.25) is 0 Å². The van der Waals surface area contributed by atoms with E-state index < -0.39 is 19.7 Å². The quantitative estimate of drug-likeness (QED) is 0.442. The molecule has 0 fully saturated rings. The maximum Gasteiger partial charge on any atom is 0.250 e. The van der Waals surface area contributed by atoms with Gasteiger partial charge in [0.15, 0.2) is 0 Å². The summed E-state index contributed by atoms with van der Waals surface area (Å²) in [5.41, 5.74) is 0.880. The zero-order valence-electron chi connectivity index (χ0n) is 15.1. The Hall–Kier alpha value is -0.783. The van der Waals surface area contributed by atoms with E-state index in [0.717, 1.165) is 11.3 Å². The predicted molar refractivity (Wildman–Crippen MR) is 99.8 cm³/mol. The molecule has 0 aromatic heterocycles. The zero-order valence-corrected chi connectivity index (χ0v) is 16.9. The van der Waals surface area contributed by atoms with Gasteiger partial charge in [-0.1, -0.05) is 37.3 Å². The van der Waals surface area contributed by atoms with Crippen molar-refractivity contribution in [2.45, 2.75) is 64.4 Å². The Kier molecular flexibility index (Phi) is 5.92. The van der Waals surface area contributed by atoms with Gasteiger partial charge in [0, 0.05) is 5.56 Å². The third kappa shape index (κ3) is 5.14. The third-order valence-electron chi connectivity index (χ3n) is 3.90. The van der Waals surface area contributed by atoms with Crippen molar-refractivity contribution in [2.24, 2.45) is 4.40 Å². The molecule has 0 aliphatic rings. The Bertz CT molecular complexity index is 530. The minimum absolute atomic E-state index is 0.130. The van der Waals surface area contributed by atoms with E-state index in [-0.39, 0.29) is 9.79 Å². The van der Waals surface area contributed by atoms with Crippen LogP contribution in [0.5, 0.6) is 5.75 Å². The molecule has 0 amide bonds. The Morgan fingerprint density at radius 2 is 1.64 bits per heavy atom. The van der Waals surface area contributed by atoms with E-state index in [2.05, 4.69) is 38.3 Å². The zero-order chi connectivity index (χ0) is 17.2. The SMILES string of the molecule is CC(C)(C)[S@@+]([O-])/N=C/c1ccccc1O[Si](C)(C)C(C)(C)C. The average Bonchev–Trinajstić information content (AvgIpc) is 2.34. The Balaban J connectivity index is 3.04. The minimum atomic E-state index is -1.91. The third-order valence-corrected chi connectivity index (χ3v) is 9.59. The summed E-state index contributed by atoms with van der Waals surface area (Å²) in [4.78, 5) is 0. The van der Waals surface area contributed by atoms with E-state index in [1.165, 1.54) is 0 Å². The molecule has 0 saturated heterocycles. The van der Waals surface area contributed by atoms with Gasteiger partial charge in [-0.15, -0.1) is 0 Å². The van der Waals surface area contributed by atoms with Gasteiger partial charge < -0.3 is 8.98 Å². The van der Waals surface area contributed by atoms with Crippen LogP contribution in [-0.4, -0.2) is 23.8 Å². The second kappa shape index (κ2) is 6.77. The lowest BCUT2D eigenvalue weighted by Crippen LogP contribution is -2.44. The van der Waals surface area contributed by atoms with Gasteiger partial charge in [-0.3, -0.25) is 0 Å². The first kappa shape index (κ1) is 19.3. The summed E-state index contributed by atoms with van der Waals surface area (Å²) in [5, 5.41) is 0.130. The minimum Gasteiger partial charge on any atom is -0.591 e. The highest BCUT2D eigenvalue weighted by molar-refractivity contribution is 7.91. The van der Waals surface area contributed by atoms with Crippen LogP contribution in [-0.2, 0) is 11.4 Å². The molecule has 0 saturated carbocycles. The summed E-state index contributed by atoms with van der Waals surface area (Å²) < 4.78 is 22.3. The molecular formula is C17H29NO2SSi. The van der Waals surface area contributed by atoms with Gasteiger partial charge in [0.1, 0.15) is 21.9 Å².